The van der Waals surface area contributed by atoms with Crippen molar-refractivity contribution in [3.05, 3.63) is 71.8 Å². The summed E-state index contributed by atoms with van der Waals surface area (Å²) in [4.78, 5) is 56.5. The normalized spacial score (nSPS) is 20.9. The predicted octanol–water partition coefficient (Wildman–Crippen LogP) is 5.54. The van der Waals surface area contributed by atoms with Crippen molar-refractivity contribution < 1.29 is 37.8 Å². The first kappa shape index (κ1) is 33.1. The number of hydrogen-bond acceptors (Lipinski definition) is 5. The predicted molar refractivity (Wildman–Crippen MR) is 167 cm³/mol. The van der Waals surface area contributed by atoms with Gasteiger partial charge in [0.05, 0.1) is 0 Å². The molecule has 3 aliphatic rings. The number of nitrogens with zero attached hydrogens (tertiary/aromatic N) is 3. The molecule has 0 aromatic heterocycles. The number of carboxylic acids is 1. The van der Waals surface area contributed by atoms with Gasteiger partial charge < -0.3 is 19.6 Å². The molecule has 1 heterocycles. The van der Waals surface area contributed by atoms with E-state index in [0.717, 1.165) is 27.2 Å². The van der Waals surface area contributed by atoms with Gasteiger partial charge in [-0.2, -0.15) is 0 Å². The number of carbonyl (C=O) groups is 4. The lowest BCUT2D eigenvalue weighted by atomic mass is 9.82. The standard InChI is InChI=1S/C35H41F2N3O6/c1-38(21-31(41)42)32(43)30(20-23-15-17-35(36,37)18-16-23)40-19-9-3-4-14-29(33(40)44)39(2)34(45)46-22-28-26-12-7-5-10-24(26)25-11-6-8-13-27(25)28/h3-8,10-13,23,28-30H,9,14-22H2,1-2H3,(H,41,42)/b4-3-/t29-,30?/m0/s1. The molecule has 46 heavy (non-hydrogen) atoms. The second-order valence-electron chi connectivity index (χ2n) is 12.6. The second-order valence-corrected chi connectivity index (χ2v) is 12.6. The van der Waals surface area contributed by atoms with E-state index in [1.807, 2.05) is 60.7 Å². The molecule has 246 valence electrons. The maximum Gasteiger partial charge on any atom is 0.410 e. The van der Waals surface area contributed by atoms with Crippen LogP contribution in [-0.4, -0.2) is 95.5 Å². The minimum absolute atomic E-state index is 0.0745. The molecule has 0 bridgehead atoms. The van der Waals surface area contributed by atoms with E-state index in [4.69, 9.17) is 4.74 Å². The number of hydrogen-bond donors (Lipinski definition) is 1. The molecule has 1 saturated carbocycles. The third-order valence-corrected chi connectivity index (χ3v) is 9.53. The van der Waals surface area contributed by atoms with E-state index in [1.165, 1.54) is 23.9 Å². The molecule has 0 radical (unpaired) electrons. The Hall–Kier alpha value is -4.28. The Labute approximate surface area is 267 Å². The molecule has 1 unspecified atom stereocenters. The highest BCUT2D eigenvalue weighted by Gasteiger charge is 2.42. The van der Waals surface area contributed by atoms with Crippen LogP contribution in [0, 0.1) is 5.92 Å². The van der Waals surface area contributed by atoms with Crippen molar-refractivity contribution in [3.8, 4) is 11.1 Å². The molecule has 3 amide bonds. The summed E-state index contributed by atoms with van der Waals surface area (Å²) in [5, 5.41) is 9.33. The van der Waals surface area contributed by atoms with E-state index < -0.39 is 48.4 Å². The summed E-state index contributed by atoms with van der Waals surface area (Å²) in [6.07, 6.45) is 3.59. The molecule has 5 rings (SSSR count). The summed E-state index contributed by atoms with van der Waals surface area (Å²) in [5.41, 5.74) is 4.30. The average Bonchev–Trinajstić information content (AvgIpc) is 3.34. The molecule has 11 heteroatoms. The van der Waals surface area contributed by atoms with Crippen LogP contribution in [0.4, 0.5) is 13.6 Å². The van der Waals surface area contributed by atoms with Crippen LogP contribution in [-0.2, 0) is 19.1 Å². The van der Waals surface area contributed by atoms with Gasteiger partial charge in [-0.1, -0.05) is 60.7 Å². The first-order chi connectivity index (χ1) is 22.0. The Morgan fingerprint density at radius 2 is 1.61 bits per heavy atom. The molecule has 0 spiro atoms. The van der Waals surface area contributed by atoms with Gasteiger partial charge in [-0.3, -0.25) is 19.3 Å². The highest BCUT2D eigenvalue weighted by Crippen LogP contribution is 2.44. The summed E-state index contributed by atoms with van der Waals surface area (Å²) in [5.74, 6) is -5.40. The van der Waals surface area contributed by atoms with Crippen molar-refractivity contribution in [1.29, 1.82) is 0 Å². The number of rotatable bonds is 9. The van der Waals surface area contributed by atoms with Crippen molar-refractivity contribution in [2.24, 2.45) is 5.92 Å². The summed E-state index contributed by atoms with van der Waals surface area (Å²) >= 11 is 0. The Bertz CT molecular complexity index is 1440. The van der Waals surface area contributed by atoms with E-state index in [0.29, 0.717) is 6.42 Å². The van der Waals surface area contributed by atoms with Gasteiger partial charge in [0.2, 0.25) is 17.7 Å². The van der Waals surface area contributed by atoms with Crippen LogP contribution in [0.5, 0.6) is 0 Å². The molecule has 1 fully saturated rings. The smallest absolute Gasteiger partial charge is 0.410 e. The Morgan fingerprint density at radius 1 is 1.00 bits per heavy atom. The molecule has 2 atom stereocenters. The van der Waals surface area contributed by atoms with E-state index >= 15 is 0 Å². The van der Waals surface area contributed by atoms with Crippen LogP contribution in [0.2, 0.25) is 0 Å². The van der Waals surface area contributed by atoms with Gasteiger partial charge in [-0.05, 0) is 60.3 Å². The first-order valence-corrected chi connectivity index (χ1v) is 15.8. The second kappa shape index (κ2) is 14.0. The number of carboxylic acid groups (broad SMARTS) is 1. The third kappa shape index (κ3) is 7.24. The zero-order valence-electron chi connectivity index (χ0n) is 26.2. The van der Waals surface area contributed by atoms with Gasteiger partial charge in [-0.25, -0.2) is 13.6 Å². The summed E-state index contributed by atoms with van der Waals surface area (Å²) in [6.45, 7) is -0.335. The number of ether oxygens (including phenoxy) is 1. The van der Waals surface area contributed by atoms with Crippen LogP contribution in [0.25, 0.3) is 11.1 Å². The maximum absolute atomic E-state index is 14.2. The monoisotopic (exact) mass is 637 g/mol. The van der Waals surface area contributed by atoms with E-state index in [2.05, 4.69) is 0 Å². The lowest BCUT2D eigenvalue weighted by Crippen LogP contribution is -2.57. The number of alkyl halides is 2. The number of fused-ring (bicyclic) bond motifs is 3. The number of benzene rings is 2. The quantitative estimate of drug-likeness (QED) is 0.362. The fraction of sp³-hybridized carbons (Fsp3) is 0.486. The molecule has 9 nitrogen and oxygen atoms in total. The molecule has 2 aromatic carbocycles. The molecular formula is C35H41F2N3O6. The molecule has 1 aliphatic heterocycles. The zero-order valence-corrected chi connectivity index (χ0v) is 26.2. The first-order valence-electron chi connectivity index (χ1n) is 15.8. The van der Waals surface area contributed by atoms with Crippen LogP contribution in [0.1, 0.15) is 62.0 Å². The molecular weight excluding hydrogens is 596 g/mol. The van der Waals surface area contributed by atoms with E-state index in [1.54, 1.807) is 0 Å². The van der Waals surface area contributed by atoms with Gasteiger partial charge in [0.25, 0.3) is 0 Å². The van der Waals surface area contributed by atoms with Crippen molar-refractivity contribution in [1.82, 2.24) is 14.7 Å². The van der Waals surface area contributed by atoms with E-state index in [-0.39, 0.29) is 63.5 Å². The highest BCUT2D eigenvalue weighted by atomic mass is 19.3. The minimum atomic E-state index is -2.76. The van der Waals surface area contributed by atoms with Crippen molar-refractivity contribution in [2.45, 2.75) is 68.9 Å². The van der Waals surface area contributed by atoms with Crippen LogP contribution >= 0.6 is 0 Å². The Balaban J connectivity index is 1.33. The lowest BCUT2D eigenvalue weighted by Gasteiger charge is -2.40. The number of carbonyl (C=O) groups excluding carboxylic acids is 3. The van der Waals surface area contributed by atoms with E-state index in [9.17, 15) is 33.1 Å². The SMILES string of the molecule is CN(CC(=O)O)C(=O)C(CC1CCC(F)(F)CC1)N1CC/C=C\C[C@H](N(C)C(=O)OCC2c3ccccc3-c3ccccc32)C1=O. The lowest BCUT2D eigenvalue weighted by molar-refractivity contribution is -0.151. The van der Waals surface area contributed by atoms with Gasteiger partial charge in [0, 0.05) is 39.4 Å². The van der Waals surface area contributed by atoms with Gasteiger partial charge in [-0.15, -0.1) is 0 Å². The summed E-state index contributed by atoms with van der Waals surface area (Å²) in [6, 6.07) is 13.9. The number of likely N-dealkylation sites (N-methyl/N-ethyl adjacent to an activating group) is 2. The molecule has 1 N–H and O–H groups in total. The van der Waals surface area contributed by atoms with Crippen LogP contribution in [0.15, 0.2) is 60.7 Å². The van der Waals surface area contributed by atoms with Gasteiger partial charge in [0.1, 0.15) is 25.2 Å². The molecule has 2 aromatic rings. The summed E-state index contributed by atoms with van der Waals surface area (Å²) < 4.78 is 33.7. The fourth-order valence-electron chi connectivity index (χ4n) is 6.96. The summed E-state index contributed by atoms with van der Waals surface area (Å²) in [7, 11) is 2.85. The topological polar surface area (TPSA) is 107 Å². The van der Waals surface area contributed by atoms with Gasteiger partial charge >= 0.3 is 12.1 Å². The number of amides is 3. The Kier molecular flexibility index (Phi) is 10.1. The number of halogens is 2. The van der Waals surface area contributed by atoms with Gasteiger partial charge in [0.15, 0.2) is 0 Å². The van der Waals surface area contributed by atoms with Crippen molar-refractivity contribution in [3.63, 3.8) is 0 Å². The van der Waals surface area contributed by atoms with Crippen LogP contribution in [0.3, 0.4) is 0 Å². The molecule has 2 aliphatic carbocycles. The van der Waals surface area contributed by atoms with Crippen molar-refractivity contribution in [2.75, 3.05) is 33.8 Å². The zero-order chi connectivity index (χ0) is 33.0. The fourth-order valence-corrected chi connectivity index (χ4v) is 6.96. The largest absolute Gasteiger partial charge is 0.480 e. The minimum Gasteiger partial charge on any atom is -0.480 e. The Morgan fingerprint density at radius 3 is 2.22 bits per heavy atom. The molecule has 0 saturated heterocycles. The van der Waals surface area contributed by atoms with Crippen molar-refractivity contribution >= 4 is 23.9 Å². The number of aliphatic carboxylic acids is 1. The van der Waals surface area contributed by atoms with Crippen LogP contribution < -0.4 is 0 Å². The maximum atomic E-state index is 14.2. The third-order valence-electron chi connectivity index (χ3n) is 9.53. The average molecular weight is 638 g/mol. The highest BCUT2D eigenvalue weighted by molar-refractivity contribution is 5.92.